The van der Waals surface area contributed by atoms with Crippen LogP contribution in [0.3, 0.4) is 0 Å². The number of ether oxygens (including phenoxy) is 1. The molecule has 3 rings (SSSR count). The predicted molar refractivity (Wildman–Crippen MR) is 73.4 cm³/mol. The summed E-state index contributed by atoms with van der Waals surface area (Å²) in [6.07, 6.45) is 5.42. The molecule has 2 heterocycles. The molecule has 0 aliphatic carbocycles. The monoisotopic (exact) mass is 256 g/mol. The van der Waals surface area contributed by atoms with Crippen molar-refractivity contribution >= 4 is 11.6 Å². The molecule has 1 aliphatic rings. The van der Waals surface area contributed by atoms with Crippen LogP contribution in [0.4, 0.5) is 5.69 Å². The molecule has 4 heteroatoms. The quantitative estimate of drug-likeness (QED) is 0.917. The van der Waals surface area contributed by atoms with Gasteiger partial charge < -0.3 is 14.6 Å². The summed E-state index contributed by atoms with van der Waals surface area (Å²) in [5, 5.41) is 2.91. The van der Waals surface area contributed by atoms with Crippen molar-refractivity contribution < 1.29 is 9.53 Å². The van der Waals surface area contributed by atoms with Crippen molar-refractivity contribution in [2.75, 3.05) is 11.9 Å². The molecule has 0 bridgehead atoms. The molecular weight excluding hydrogens is 240 g/mol. The van der Waals surface area contributed by atoms with E-state index in [1.165, 1.54) is 0 Å². The Morgan fingerprint density at radius 3 is 2.84 bits per heavy atom. The van der Waals surface area contributed by atoms with Gasteiger partial charge in [-0.3, -0.25) is 4.79 Å². The van der Waals surface area contributed by atoms with Crippen molar-refractivity contribution in [3.8, 4) is 5.69 Å². The van der Waals surface area contributed by atoms with E-state index in [0.717, 1.165) is 24.2 Å². The van der Waals surface area contributed by atoms with Gasteiger partial charge in [0.25, 0.3) is 5.91 Å². The van der Waals surface area contributed by atoms with E-state index in [4.69, 9.17) is 4.74 Å². The highest BCUT2D eigenvalue weighted by molar-refractivity contribution is 5.94. The molecule has 1 aromatic heterocycles. The first kappa shape index (κ1) is 12.0. The molecule has 0 radical (unpaired) electrons. The van der Waals surface area contributed by atoms with Crippen LogP contribution in [0.15, 0.2) is 48.8 Å². The Bertz CT molecular complexity index is 557. The number of anilines is 1. The fourth-order valence-corrected chi connectivity index (χ4v) is 2.26. The minimum atomic E-state index is -0.296. The fourth-order valence-electron chi connectivity index (χ4n) is 2.26. The van der Waals surface area contributed by atoms with Crippen LogP contribution in [0.5, 0.6) is 0 Å². The lowest BCUT2D eigenvalue weighted by atomic mass is 10.2. The number of aromatic nitrogens is 1. The van der Waals surface area contributed by atoms with E-state index in [-0.39, 0.29) is 12.0 Å². The lowest BCUT2D eigenvalue weighted by Gasteiger charge is -2.11. The van der Waals surface area contributed by atoms with Gasteiger partial charge in [0, 0.05) is 30.4 Å². The van der Waals surface area contributed by atoms with E-state index < -0.39 is 0 Å². The Morgan fingerprint density at radius 2 is 2.11 bits per heavy atom. The average molecular weight is 256 g/mol. The molecule has 1 fully saturated rings. The van der Waals surface area contributed by atoms with Crippen LogP contribution >= 0.6 is 0 Å². The van der Waals surface area contributed by atoms with Gasteiger partial charge in [0.15, 0.2) is 0 Å². The molecule has 0 saturated carbocycles. The summed E-state index contributed by atoms with van der Waals surface area (Å²) < 4.78 is 7.37. The molecule has 1 aromatic carbocycles. The van der Waals surface area contributed by atoms with Crippen LogP contribution in [-0.4, -0.2) is 23.2 Å². The van der Waals surface area contributed by atoms with Crippen LogP contribution in [0.2, 0.25) is 0 Å². The van der Waals surface area contributed by atoms with Gasteiger partial charge >= 0.3 is 0 Å². The number of carbonyl (C=O) groups is 1. The van der Waals surface area contributed by atoms with Crippen molar-refractivity contribution in [1.82, 2.24) is 4.57 Å². The largest absolute Gasteiger partial charge is 0.368 e. The van der Waals surface area contributed by atoms with Gasteiger partial charge in [0.1, 0.15) is 6.10 Å². The van der Waals surface area contributed by atoms with Crippen molar-refractivity contribution in [2.24, 2.45) is 0 Å². The Hall–Kier alpha value is -2.07. The van der Waals surface area contributed by atoms with E-state index in [9.17, 15) is 4.79 Å². The maximum Gasteiger partial charge on any atom is 0.253 e. The number of amides is 1. The summed E-state index contributed by atoms with van der Waals surface area (Å²) in [6, 6.07) is 11.7. The van der Waals surface area contributed by atoms with E-state index in [1.54, 1.807) is 0 Å². The summed E-state index contributed by atoms with van der Waals surface area (Å²) in [7, 11) is 0. The molecule has 1 amide bonds. The molecule has 1 aliphatic heterocycles. The van der Waals surface area contributed by atoms with Crippen molar-refractivity contribution in [3.05, 3.63) is 48.8 Å². The number of carbonyl (C=O) groups excluding carboxylic acids is 1. The Morgan fingerprint density at radius 1 is 1.26 bits per heavy atom. The average Bonchev–Trinajstić information content (AvgIpc) is 3.13. The van der Waals surface area contributed by atoms with Crippen LogP contribution in [0, 0.1) is 0 Å². The summed E-state index contributed by atoms with van der Waals surface area (Å²) in [4.78, 5) is 12.0. The Balaban J connectivity index is 1.74. The minimum Gasteiger partial charge on any atom is -0.368 e. The van der Waals surface area contributed by atoms with Crippen LogP contribution in [0.1, 0.15) is 12.8 Å². The number of nitrogens with zero attached hydrogens (tertiary/aromatic N) is 1. The predicted octanol–water partition coefficient (Wildman–Crippen LogP) is 2.59. The van der Waals surface area contributed by atoms with Crippen LogP contribution in [-0.2, 0) is 9.53 Å². The zero-order valence-corrected chi connectivity index (χ0v) is 10.6. The lowest BCUT2D eigenvalue weighted by Crippen LogP contribution is -2.26. The summed E-state index contributed by atoms with van der Waals surface area (Å²) >= 11 is 0. The SMILES string of the molecule is O=C(Nc1cccc(-n2cccc2)c1)[C@@H]1CCCO1. The van der Waals surface area contributed by atoms with Gasteiger partial charge in [0.2, 0.25) is 0 Å². The highest BCUT2D eigenvalue weighted by Crippen LogP contribution is 2.18. The maximum atomic E-state index is 12.0. The number of nitrogens with one attached hydrogen (secondary N) is 1. The topological polar surface area (TPSA) is 43.3 Å². The molecule has 98 valence electrons. The second-order valence-corrected chi connectivity index (χ2v) is 4.63. The number of hydrogen-bond donors (Lipinski definition) is 1. The molecule has 1 N–H and O–H groups in total. The van der Waals surface area contributed by atoms with E-state index in [2.05, 4.69) is 5.32 Å². The molecule has 1 atom stereocenters. The Labute approximate surface area is 112 Å². The molecule has 1 saturated heterocycles. The zero-order chi connectivity index (χ0) is 13.1. The third-order valence-electron chi connectivity index (χ3n) is 3.24. The van der Waals surface area contributed by atoms with E-state index >= 15 is 0 Å². The highest BCUT2D eigenvalue weighted by Gasteiger charge is 2.23. The standard InChI is InChI=1S/C15H16N2O2/c18-15(14-7-4-10-19-14)16-12-5-3-6-13(11-12)17-8-1-2-9-17/h1-3,5-6,8-9,11,14H,4,7,10H2,(H,16,18)/t14-/m0/s1. The summed E-state index contributed by atoms with van der Waals surface area (Å²) in [5.41, 5.74) is 1.82. The second kappa shape index (κ2) is 5.28. The van der Waals surface area contributed by atoms with Crippen molar-refractivity contribution in [3.63, 3.8) is 0 Å². The van der Waals surface area contributed by atoms with Gasteiger partial charge in [-0.1, -0.05) is 6.07 Å². The van der Waals surface area contributed by atoms with Gasteiger partial charge in [-0.05, 0) is 43.2 Å². The first-order chi connectivity index (χ1) is 9.33. The molecule has 0 spiro atoms. The van der Waals surface area contributed by atoms with E-state index in [1.807, 2.05) is 53.4 Å². The van der Waals surface area contributed by atoms with Crippen molar-refractivity contribution in [1.29, 1.82) is 0 Å². The summed E-state index contributed by atoms with van der Waals surface area (Å²) in [6.45, 7) is 0.682. The molecule has 2 aromatic rings. The third kappa shape index (κ3) is 2.69. The van der Waals surface area contributed by atoms with Crippen molar-refractivity contribution in [2.45, 2.75) is 18.9 Å². The molecular formula is C15H16N2O2. The van der Waals surface area contributed by atoms with Crippen LogP contribution in [0.25, 0.3) is 5.69 Å². The van der Waals surface area contributed by atoms with E-state index in [0.29, 0.717) is 6.61 Å². The lowest BCUT2D eigenvalue weighted by molar-refractivity contribution is -0.124. The second-order valence-electron chi connectivity index (χ2n) is 4.63. The van der Waals surface area contributed by atoms with Gasteiger partial charge in [0.05, 0.1) is 0 Å². The summed E-state index contributed by atoms with van der Waals surface area (Å²) in [5.74, 6) is -0.0536. The zero-order valence-electron chi connectivity index (χ0n) is 10.6. The number of hydrogen-bond acceptors (Lipinski definition) is 2. The normalized spacial score (nSPS) is 18.4. The smallest absolute Gasteiger partial charge is 0.253 e. The molecule has 19 heavy (non-hydrogen) atoms. The molecule has 0 unspecified atom stereocenters. The first-order valence-electron chi connectivity index (χ1n) is 6.49. The first-order valence-corrected chi connectivity index (χ1v) is 6.49. The minimum absolute atomic E-state index is 0.0536. The highest BCUT2D eigenvalue weighted by atomic mass is 16.5. The fraction of sp³-hybridized carbons (Fsp3) is 0.267. The Kier molecular flexibility index (Phi) is 3.33. The number of benzene rings is 1. The number of rotatable bonds is 3. The molecule has 4 nitrogen and oxygen atoms in total. The van der Waals surface area contributed by atoms with Gasteiger partial charge in [-0.2, -0.15) is 0 Å². The van der Waals surface area contributed by atoms with Gasteiger partial charge in [-0.15, -0.1) is 0 Å². The third-order valence-corrected chi connectivity index (χ3v) is 3.24. The van der Waals surface area contributed by atoms with Crippen LogP contribution < -0.4 is 5.32 Å². The maximum absolute atomic E-state index is 12.0. The van der Waals surface area contributed by atoms with Gasteiger partial charge in [-0.25, -0.2) is 0 Å².